The topological polar surface area (TPSA) is 66.4 Å². The SMILES string of the molecule is CSCC[C@H](NC(=O)c1ccc(CCc2ccccc2Cc2ccccc2)cc1-c1ccccc1C)C(=O)O. The number of amides is 1. The minimum atomic E-state index is -1.01. The smallest absolute Gasteiger partial charge is 0.326 e. The Balaban J connectivity index is 1.60. The van der Waals surface area contributed by atoms with E-state index in [0.29, 0.717) is 17.7 Å². The highest BCUT2D eigenvalue weighted by Crippen LogP contribution is 2.29. The zero-order valence-corrected chi connectivity index (χ0v) is 23.3. The van der Waals surface area contributed by atoms with Crippen molar-refractivity contribution in [1.82, 2.24) is 5.32 Å². The molecule has 0 bridgehead atoms. The van der Waals surface area contributed by atoms with Crippen LogP contribution in [0.1, 0.15) is 44.6 Å². The van der Waals surface area contributed by atoms with Crippen LogP contribution in [0.5, 0.6) is 0 Å². The van der Waals surface area contributed by atoms with Crippen molar-refractivity contribution >= 4 is 23.6 Å². The summed E-state index contributed by atoms with van der Waals surface area (Å²) in [6.07, 6.45) is 4.92. The molecule has 5 heteroatoms. The monoisotopic (exact) mass is 537 g/mol. The second-order valence-electron chi connectivity index (χ2n) is 9.77. The molecule has 200 valence electrons. The van der Waals surface area contributed by atoms with Gasteiger partial charge in [-0.3, -0.25) is 4.79 Å². The maximum atomic E-state index is 13.4. The number of aliphatic carboxylic acids is 1. The van der Waals surface area contributed by atoms with E-state index in [4.69, 9.17) is 0 Å². The second kappa shape index (κ2) is 13.8. The van der Waals surface area contributed by atoms with Gasteiger partial charge in [-0.1, -0.05) is 91.0 Å². The number of carboxylic acids is 1. The molecule has 0 heterocycles. The van der Waals surface area contributed by atoms with E-state index in [1.165, 1.54) is 16.7 Å². The average molecular weight is 538 g/mol. The highest BCUT2D eigenvalue weighted by Gasteiger charge is 2.22. The molecule has 4 aromatic carbocycles. The summed E-state index contributed by atoms with van der Waals surface area (Å²) < 4.78 is 0. The van der Waals surface area contributed by atoms with Crippen molar-refractivity contribution in [3.63, 3.8) is 0 Å². The van der Waals surface area contributed by atoms with Crippen LogP contribution in [0.15, 0.2) is 97.1 Å². The average Bonchev–Trinajstić information content (AvgIpc) is 2.95. The van der Waals surface area contributed by atoms with Crippen LogP contribution in [0.3, 0.4) is 0 Å². The van der Waals surface area contributed by atoms with Crippen LogP contribution in [-0.4, -0.2) is 35.0 Å². The van der Waals surface area contributed by atoms with E-state index >= 15 is 0 Å². The third-order valence-corrected chi connectivity index (χ3v) is 7.66. The van der Waals surface area contributed by atoms with Gasteiger partial charge in [-0.05, 0) is 89.6 Å². The van der Waals surface area contributed by atoms with Crippen molar-refractivity contribution in [3.8, 4) is 11.1 Å². The lowest BCUT2D eigenvalue weighted by Crippen LogP contribution is -2.41. The van der Waals surface area contributed by atoms with E-state index in [0.717, 1.165) is 41.5 Å². The Morgan fingerprint density at radius 3 is 2.21 bits per heavy atom. The van der Waals surface area contributed by atoms with Gasteiger partial charge in [-0.25, -0.2) is 4.79 Å². The van der Waals surface area contributed by atoms with Crippen molar-refractivity contribution in [2.75, 3.05) is 12.0 Å². The van der Waals surface area contributed by atoms with Crippen LogP contribution in [0.2, 0.25) is 0 Å². The lowest BCUT2D eigenvalue weighted by Gasteiger charge is -2.18. The number of hydrogen-bond donors (Lipinski definition) is 2. The summed E-state index contributed by atoms with van der Waals surface area (Å²) in [7, 11) is 0. The fourth-order valence-corrected chi connectivity index (χ4v) is 5.31. The first-order chi connectivity index (χ1) is 19.0. The van der Waals surface area contributed by atoms with Gasteiger partial charge in [-0.2, -0.15) is 11.8 Å². The van der Waals surface area contributed by atoms with E-state index in [9.17, 15) is 14.7 Å². The molecule has 0 saturated heterocycles. The van der Waals surface area contributed by atoms with Crippen LogP contribution in [0, 0.1) is 6.92 Å². The Bertz CT molecular complexity index is 1420. The lowest BCUT2D eigenvalue weighted by atomic mass is 9.91. The first-order valence-electron chi connectivity index (χ1n) is 13.3. The predicted molar refractivity (Wildman–Crippen MR) is 162 cm³/mol. The van der Waals surface area contributed by atoms with Crippen LogP contribution in [0.4, 0.5) is 0 Å². The van der Waals surface area contributed by atoms with Crippen molar-refractivity contribution in [3.05, 3.63) is 130 Å². The first kappa shape index (κ1) is 28.2. The van der Waals surface area contributed by atoms with Gasteiger partial charge in [0.1, 0.15) is 6.04 Å². The summed E-state index contributed by atoms with van der Waals surface area (Å²) in [5, 5.41) is 12.4. The molecule has 4 nitrogen and oxygen atoms in total. The molecule has 0 aliphatic carbocycles. The zero-order chi connectivity index (χ0) is 27.6. The van der Waals surface area contributed by atoms with Gasteiger partial charge in [0.25, 0.3) is 5.91 Å². The van der Waals surface area contributed by atoms with Gasteiger partial charge in [-0.15, -0.1) is 0 Å². The second-order valence-corrected chi connectivity index (χ2v) is 10.8. The highest BCUT2D eigenvalue weighted by atomic mass is 32.2. The van der Waals surface area contributed by atoms with E-state index in [1.54, 1.807) is 11.8 Å². The summed E-state index contributed by atoms with van der Waals surface area (Å²) >= 11 is 1.56. The lowest BCUT2D eigenvalue weighted by molar-refractivity contribution is -0.139. The molecule has 39 heavy (non-hydrogen) atoms. The standard InChI is InChI=1S/C34H35NO3S/c1-24-10-6-9-15-29(24)31-23-26(17-19-30(31)33(36)35-32(34(37)38)20-21-39-2)16-18-27-13-7-8-14-28(27)22-25-11-4-3-5-12-25/h3-15,17,19,23,32H,16,18,20-22H2,1-2H3,(H,35,36)(H,37,38)/t32-/m0/s1. The van der Waals surface area contributed by atoms with Crippen molar-refractivity contribution in [2.45, 2.75) is 38.6 Å². The summed E-state index contributed by atoms with van der Waals surface area (Å²) in [4.78, 5) is 25.1. The maximum absolute atomic E-state index is 13.4. The van der Waals surface area contributed by atoms with Gasteiger partial charge in [0.05, 0.1) is 0 Å². The van der Waals surface area contributed by atoms with E-state index < -0.39 is 12.0 Å². The minimum absolute atomic E-state index is 0.360. The number of benzene rings is 4. The molecule has 1 amide bonds. The molecule has 0 spiro atoms. The number of hydrogen-bond acceptors (Lipinski definition) is 3. The summed E-state index contributed by atoms with van der Waals surface area (Å²) in [5.41, 5.74) is 8.43. The number of carbonyl (C=O) groups is 2. The molecule has 0 aromatic heterocycles. The largest absolute Gasteiger partial charge is 0.480 e. The molecule has 0 saturated carbocycles. The molecule has 0 unspecified atom stereocenters. The Kier molecular flexibility index (Phi) is 9.98. The maximum Gasteiger partial charge on any atom is 0.326 e. The molecule has 1 atom stereocenters. The number of carboxylic acid groups (broad SMARTS) is 1. The summed E-state index contributed by atoms with van der Waals surface area (Å²) in [6.45, 7) is 2.03. The molecule has 4 aromatic rings. The Morgan fingerprint density at radius 2 is 1.49 bits per heavy atom. The molecule has 4 rings (SSSR count). The number of aryl methyl sites for hydroxylation is 3. The summed E-state index contributed by atoms with van der Waals surface area (Å²) in [6, 6.07) is 32.1. The third-order valence-electron chi connectivity index (χ3n) is 7.02. The van der Waals surface area contributed by atoms with Crippen LogP contribution < -0.4 is 5.32 Å². The Labute approximate surface area is 235 Å². The van der Waals surface area contributed by atoms with Gasteiger partial charge < -0.3 is 10.4 Å². The minimum Gasteiger partial charge on any atom is -0.480 e. The number of rotatable bonds is 12. The molecular formula is C34H35NO3S. The highest BCUT2D eigenvalue weighted by molar-refractivity contribution is 7.98. The normalized spacial score (nSPS) is 11.6. The third kappa shape index (κ3) is 7.61. The zero-order valence-electron chi connectivity index (χ0n) is 22.5. The van der Waals surface area contributed by atoms with E-state index in [2.05, 4.69) is 59.9 Å². The van der Waals surface area contributed by atoms with Crippen LogP contribution in [0.25, 0.3) is 11.1 Å². The number of carbonyl (C=O) groups excluding carboxylic acids is 1. The molecule has 0 radical (unpaired) electrons. The van der Waals surface area contributed by atoms with Gasteiger partial charge in [0.2, 0.25) is 0 Å². The van der Waals surface area contributed by atoms with Gasteiger partial charge in [0, 0.05) is 5.56 Å². The number of thioether (sulfide) groups is 1. The summed E-state index contributed by atoms with van der Waals surface area (Å²) in [5.74, 6) is -0.714. The van der Waals surface area contributed by atoms with Crippen molar-refractivity contribution < 1.29 is 14.7 Å². The first-order valence-corrected chi connectivity index (χ1v) is 14.7. The molecule has 0 fully saturated rings. The Hall–Kier alpha value is -3.83. The fourth-order valence-electron chi connectivity index (χ4n) is 4.84. The van der Waals surface area contributed by atoms with E-state index in [1.807, 2.05) is 55.6 Å². The van der Waals surface area contributed by atoms with Crippen molar-refractivity contribution in [1.29, 1.82) is 0 Å². The predicted octanol–water partition coefficient (Wildman–Crippen LogP) is 6.97. The van der Waals surface area contributed by atoms with Crippen LogP contribution >= 0.6 is 11.8 Å². The molecular weight excluding hydrogens is 502 g/mol. The quantitative estimate of drug-likeness (QED) is 0.205. The van der Waals surface area contributed by atoms with Gasteiger partial charge in [0.15, 0.2) is 0 Å². The molecule has 0 aliphatic rings. The van der Waals surface area contributed by atoms with Crippen molar-refractivity contribution in [2.24, 2.45) is 0 Å². The van der Waals surface area contributed by atoms with E-state index in [-0.39, 0.29) is 5.91 Å². The van der Waals surface area contributed by atoms with Crippen LogP contribution in [-0.2, 0) is 24.1 Å². The Morgan fingerprint density at radius 1 is 0.795 bits per heavy atom. The molecule has 2 N–H and O–H groups in total. The fraction of sp³-hybridized carbons (Fsp3) is 0.235. The molecule has 0 aliphatic heterocycles. The van der Waals surface area contributed by atoms with Gasteiger partial charge >= 0.3 is 5.97 Å². The number of nitrogens with one attached hydrogen (secondary N) is 1.